The number of allylic oxidation sites excluding steroid dienone is 1. The average Bonchev–Trinajstić information content (AvgIpc) is 2.71. The number of aliphatic hydroxyl groups excluding tert-OH is 4. The van der Waals surface area contributed by atoms with Gasteiger partial charge in [0, 0.05) is 12.1 Å². The number of hydrogen-bond acceptors (Lipinski definition) is 8. The van der Waals surface area contributed by atoms with Crippen LogP contribution in [0.15, 0.2) is 40.1 Å². The van der Waals surface area contributed by atoms with Crippen LogP contribution in [0.1, 0.15) is 18.4 Å². The van der Waals surface area contributed by atoms with Crippen molar-refractivity contribution in [2.24, 2.45) is 9.98 Å². The Hall–Kier alpha value is -2.02. The summed E-state index contributed by atoms with van der Waals surface area (Å²) in [5.74, 6) is -0.514. The number of nitrogens with zero attached hydrogens (tertiary/aromatic N) is 2. The summed E-state index contributed by atoms with van der Waals surface area (Å²) >= 11 is 6.18. The highest BCUT2D eigenvalue weighted by atomic mass is 35.5. The summed E-state index contributed by atoms with van der Waals surface area (Å²) in [6.07, 6.45) is -10.5. The van der Waals surface area contributed by atoms with Gasteiger partial charge in [-0.15, -0.1) is 0 Å². The van der Waals surface area contributed by atoms with E-state index >= 15 is 0 Å². The number of ether oxygens (including phenoxy) is 2. The zero-order valence-corrected chi connectivity index (χ0v) is 17.0. The predicted molar refractivity (Wildman–Crippen MR) is 106 cm³/mol. The molecule has 1 aromatic carbocycles. The molecule has 0 bridgehead atoms. The number of aliphatic hydroxyl groups is 4. The Morgan fingerprint density at radius 2 is 1.97 bits per heavy atom. The van der Waals surface area contributed by atoms with Gasteiger partial charge in [-0.3, -0.25) is 9.98 Å². The summed E-state index contributed by atoms with van der Waals surface area (Å²) in [7, 11) is 0. The number of benzene rings is 1. The molecule has 8 nitrogen and oxygen atoms in total. The van der Waals surface area contributed by atoms with Crippen LogP contribution >= 0.6 is 11.6 Å². The van der Waals surface area contributed by atoms with E-state index in [9.17, 15) is 33.6 Å². The van der Waals surface area contributed by atoms with Gasteiger partial charge in [-0.25, -0.2) is 0 Å². The molecule has 0 spiro atoms. The molecule has 1 aromatic rings. The zero-order chi connectivity index (χ0) is 23.3. The second-order valence-electron chi connectivity index (χ2n) is 6.77. The Morgan fingerprint density at radius 3 is 2.52 bits per heavy atom. The summed E-state index contributed by atoms with van der Waals surface area (Å²) in [6, 6.07) is 4.35. The second-order valence-corrected chi connectivity index (χ2v) is 7.17. The van der Waals surface area contributed by atoms with E-state index in [0.717, 1.165) is 6.21 Å². The molecule has 1 saturated heterocycles. The van der Waals surface area contributed by atoms with E-state index in [1.165, 1.54) is 18.2 Å². The van der Waals surface area contributed by atoms with Gasteiger partial charge in [0.05, 0.1) is 17.8 Å². The third-order valence-corrected chi connectivity index (χ3v) is 4.81. The van der Waals surface area contributed by atoms with Crippen molar-refractivity contribution in [3.05, 3.63) is 40.7 Å². The molecular formula is C19H22ClF3N2O6. The van der Waals surface area contributed by atoms with E-state index < -0.39 is 55.1 Å². The third kappa shape index (κ3) is 6.25. The van der Waals surface area contributed by atoms with Crippen molar-refractivity contribution in [2.45, 2.75) is 49.7 Å². The smallest absolute Gasteiger partial charge is 0.434 e. The van der Waals surface area contributed by atoms with Crippen LogP contribution in [0.2, 0.25) is 5.02 Å². The lowest BCUT2D eigenvalue weighted by molar-refractivity contribution is -0.277. The summed E-state index contributed by atoms with van der Waals surface area (Å²) in [5, 5.41) is 38.9. The van der Waals surface area contributed by atoms with Gasteiger partial charge in [-0.1, -0.05) is 24.6 Å². The minimum absolute atomic E-state index is 0.0469. The fourth-order valence-electron chi connectivity index (χ4n) is 2.73. The molecule has 172 valence electrons. The molecular weight excluding hydrogens is 445 g/mol. The molecule has 6 atom stereocenters. The fraction of sp³-hybridized carbons (Fsp3) is 0.474. The van der Waals surface area contributed by atoms with Crippen LogP contribution in [0, 0.1) is 0 Å². The van der Waals surface area contributed by atoms with E-state index in [0.29, 0.717) is 11.8 Å². The lowest BCUT2D eigenvalue weighted by Crippen LogP contribution is -2.60. The van der Waals surface area contributed by atoms with Gasteiger partial charge in [0.25, 0.3) is 0 Å². The predicted octanol–water partition coefficient (Wildman–Crippen LogP) is 1.80. The maximum absolute atomic E-state index is 12.8. The molecule has 2 unspecified atom stereocenters. The quantitative estimate of drug-likeness (QED) is 0.454. The SMILES string of the molecule is C=N/C=C(\N=CC(C)c1ccc(OC2O[C@H](CO)[C@@H](O)[C@H](O)[C@@H]2O)c(Cl)c1)C(F)(F)F. The van der Waals surface area contributed by atoms with Crippen molar-refractivity contribution in [2.75, 3.05) is 6.61 Å². The first-order chi connectivity index (χ1) is 14.5. The average molecular weight is 467 g/mol. The Morgan fingerprint density at radius 1 is 1.29 bits per heavy atom. The van der Waals surface area contributed by atoms with Gasteiger partial charge in [-0.05, 0) is 24.4 Å². The first kappa shape index (κ1) is 25.2. The van der Waals surface area contributed by atoms with E-state index in [1.807, 2.05) is 0 Å². The van der Waals surface area contributed by atoms with Gasteiger partial charge >= 0.3 is 6.18 Å². The Balaban J connectivity index is 2.15. The Kier molecular flexibility index (Phi) is 8.57. The molecule has 2 rings (SSSR count). The van der Waals surface area contributed by atoms with Gasteiger partial charge < -0.3 is 29.9 Å². The standard InChI is InChI=1S/C19H22ClF3N2O6/c1-9(6-25-14(7-24-2)19(21,22)23)10-3-4-12(11(20)5-10)30-18-17(29)16(28)15(27)13(8-26)31-18/h3-7,9,13,15-18,26-29H,2,8H2,1H3/b14-7-,25-6?/t9?,13-,15-,16+,17+,18?/m1/s1. The Bertz CT molecular complexity index is 833. The monoisotopic (exact) mass is 466 g/mol. The molecule has 4 N–H and O–H groups in total. The van der Waals surface area contributed by atoms with Crippen LogP contribution in [0.4, 0.5) is 13.2 Å². The zero-order valence-electron chi connectivity index (χ0n) is 16.3. The van der Waals surface area contributed by atoms with Crippen molar-refractivity contribution in [1.29, 1.82) is 0 Å². The molecule has 1 aliphatic rings. The topological polar surface area (TPSA) is 124 Å². The van der Waals surface area contributed by atoms with E-state index in [4.69, 9.17) is 21.1 Å². The molecule has 1 aliphatic heterocycles. The van der Waals surface area contributed by atoms with Gasteiger partial charge in [0.1, 0.15) is 30.2 Å². The molecule has 31 heavy (non-hydrogen) atoms. The van der Waals surface area contributed by atoms with Gasteiger partial charge in [0.15, 0.2) is 5.70 Å². The van der Waals surface area contributed by atoms with Crippen LogP contribution in [0.3, 0.4) is 0 Å². The highest BCUT2D eigenvalue weighted by Gasteiger charge is 2.44. The molecule has 0 saturated carbocycles. The van der Waals surface area contributed by atoms with E-state index in [1.54, 1.807) is 6.92 Å². The molecule has 0 aromatic heterocycles. The van der Waals surface area contributed by atoms with Crippen LogP contribution in [-0.4, -0.2) is 76.8 Å². The van der Waals surface area contributed by atoms with Gasteiger partial charge in [0.2, 0.25) is 6.29 Å². The molecule has 0 radical (unpaired) electrons. The Labute approximate surface area is 180 Å². The lowest BCUT2D eigenvalue weighted by Gasteiger charge is -2.39. The van der Waals surface area contributed by atoms with Crippen molar-refractivity contribution >= 4 is 24.5 Å². The van der Waals surface area contributed by atoms with Crippen molar-refractivity contribution in [3.63, 3.8) is 0 Å². The molecule has 1 heterocycles. The van der Waals surface area contributed by atoms with Crippen LogP contribution < -0.4 is 4.74 Å². The summed E-state index contributed by atoms with van der Waals surface area (Å²) in [5.41, 5.74) is -0.689. The molecule has 12 heteroatoms. The lowest BCUT2D eigenvalue weighted by atomic mass is 9.99. The largest absolute Gasteiger partial charge is 0.460 e. The summed E-state index contributed by atoms with van der Waals surface area (Å²) < 4.78 is 49.3. The molecule has 0 aliphatic carbocycles. The minimum atomic E-state index is -4.68. The minimum Gasteiger partial charge on any atom is -0.460 e. The van der Waals surface area contributed by atoms with Crippen LogP contribution in [-0.2, 0) is 4.74 Å². The number of rotatable bonds is 7. The summed E-state index contributed by atoms with van der Waals surface area (Å²) in [6.45, 7) is 3.97. The summed E-state index contributed by atoms with van der Waals surface area (Å²) in [4.78, 5) is 6.52. The molecule has 1 fully saturated rings. The van der Waals surface area contributed by atoms with Gasteiger partial charge in [-0.2, -0.15) is 13.2 Å². The van der Waals surface area contributed by atoms with Crippen molar-refractivity contribution < 1.29 is 43.1 Å². The first-order valence-electron chi connectivity index (χ1n) is 9.03. The number of aliphatic imine (C=N–C) groups is 2. The number of alkyl halides is 3. The normalized spacial score (nSPS) is 28.5. The highest BCUT2D eigenvalue weighted by Crippen LogP contribution is 2.32. The number of halogens is 4. The van der Waals surface area contributed by atoms with Crippen LogP contribution in [0.25, 0.3) is 0 Å². The highest BCUT2D eigenvalue weighted by molar-refractivity contribution is 6.32. The van der Waals surface area contributed by atoms with E-state index in [-0.39, 0.29) is 10.8 Å². The van der Waals surface area contributed by atoms with Crippen LogP contribution in [0.5, 0.6) is 5.75 Å². The van der Waals surface area contributed by atoms with Crippen molar-refractivity contribution in [1.82, 2.24) is 0 Å². The maximum atomic E-state index is 12.8. The number of hydrogen-bond donors (Lipinski definition) is 4. The molecule has 0 amide bonds. The fourth-order valence-corrected chi connectivity index (χ4v) is 2.96. The third-order valence-electron chi connectivity index (χ3n) is 4.51. The van der Waals surface area contributed by atoms with Crippen molar-refractivity contribution in [3.8, 4) is 5.75 Å². The van der Waals surface area contributed by atoms with E-state index in [2.05, 4.69) is 16.7 Å². The second kappa shape index (κ2) is 10.5. The first-order valence-corrected chi connectivity index (χ1v) is 9.41. The maximum Gasteiger partial charge on any atom is 0.434 e.